The fourth-order valence-corrected chi connectivity index (χ4v) is 2.74. The first-order valence-corrected chi connectivity index (χ1v) is 9.67. The molecule has 0 fully saturated rings. The molecule has 1 N–H and O–H groups in total. The summed E-state index contributed by atoms with van der Waals surface area (Å²) in [5, 5.41) is 4.39. The zero-order chi connectivity index (χ0) is 21.9. The number of benzene rings is 2. The topological polar surface area (TPSA) is 78.4 Å². The quantitative estimate of drug-likeness (QED) is 0.322. The van der Waals surface area contributed by atoms with Crippen LogP contribution in [-0.2, 0) is 0 Å². The zero-order valence-electron chi connectivity index (χ0n) is 17.2. The SMILES string of the molecule is C=CCOc1ccc(C(=O)N/N=C/c2cc(Cl)c(OCCC)c(OC)c2)cc1OC. The van der Waals surface area contributed by atoms with Gasteiger partial charge in [0.25, 0.3) is 5.91 Å². The third-order valence-corrected chi connectivity index (χ3v) is 4.15. The largest absolute Gasteiger partial charge is 0.493 e. The molecule has 2 aromatic rings. The molecule has 160 valence electrons. The average Bonchev–Trinajstić information content (AvgIpc) is 2.76. The van der Waals surface area contributed by atoms with Gasteiger partial charge in [-0.1, -0.05) is 31.2 Å². The lowest BCUT2D eigenvalue weighted by Gasteiger charge is -2.12. The van der Waals surface area contributed by atoms with Crippen LogP contribution in [0.15, 0.2) is 48.1 Å². The minimum Gasteiger partial charge on any atom is -0.493 e. The molecule has 2 rings (SSSR count). The van der Waals surface area contributed by atoms with Gasteiger partial charge in [-0.25, -0.2) is 5.43 Å². The molecule has 0 aliphatic rings. The summed E-state index contributed by atoms with van der Waals surface area (Å²) in [7, 11) is 3.03. The molecule has 8 heteroatoms. The van der Waals surface area contributed by atoms with E-state index in [1.807, 2.05) is 6.92 Å². The highest BCUT2D eigenvalue weighted by molar-refractivity contribution is 6.32. The number of nitrogens with one attached hydrogen (secondary N) is 1. The number of nitrogens with zero attached hydrogens (tertiary/aromatic N) is 1. The number of hydrogen-bond acceptors (Lipinski definition) is 6. The molecular formula is C22H25ClN2O5. The molecule has 0 aliphatic carbocycles. The summed E-state index contributed by atoms with van der Waals surface area (Å²) in [6.07, 6.45) is 3.94. The molecule has 30 heavy (non-hydrogen) atoms. The molecule has 0 atom stereocenters. The highest BCUT2D eigenvalue weighted by Gasteiger charge is 2.12. The third-order valence-electron chi connectivity index (χ3n) is 3.86. The molecule has 0 bridgehead atoms. The van der Waals surface area contributed by atoms with E-state index >= 15 is 0 Å². The fraction of sp³-hybridized carbons (Fsp3) is 0.273. The van der Waals surface area contributed by atoms with Gasteiger partial charge in [-0.05, 0) is 42.3 Å². The first-order chi connectivity index (χ1) is 14.5. The minimum atomic E-state index is -0.402. The van der Waals surface area contributed by atoms with Crippen molar-refractivity contribution in [2.24, 2.45) is 5.10 Å². The highest BCUT2D eigenvalue weighted by atomic mass is 35.5. The molecule has 0 saturated heterocycles. The van der Waals surface area contributed by atoms with E-state index in [9.17, 15) is 4.79 Å². The second-order valence-corrected chi connectivity index (χ2v) is 6.45. The van der Waals surface area contributed by atoms with Crippen LogP contribution in [0.5, 0.6) is 23.0 Å². The maximum Gasteiger partial charge on any atom is 0.271 e. The summed E-state index contributed by atoms with van der Waals surface area (Å²) in [4.78, 5) is 12.4. The third kappa shape index (κ3) is 6.15. The summed E-state index contributed by atoms with van der Waals surface area (Å²) in [6.45, 7) is 6.46. The number of carbonyl (C=O) groups excluding carboxylic acids is 1. The van der Waals surface area contributed by atoms with E-state index in [0.717, 1.165) is 6.42 Å². The Hall–Kier alpha value is -3.19. The second kappa shape index (κ2) is 11.7. The minimum absolute atomic E-state index is 0.334. The van der Waals surface area contributed by atoms with E-state index in [0.29, 0.717) is 52.4 Å². The van der Waals surface area contributed by atoms with Gasteiger partial charge < -0.3 is 18.9 Å². The number of halogens is 1. The normalized spacial score (nSPS) is 10.5. The van der Waals surface area contributed by atoms with Crippen molar-refractivity contribution < 1.29 is 23.7 Å². The lowest BCUT2D eigenvalue weighted by Crippen LogP contribution is -2.17. The van der Waals surface area contributed by atoms with Crippen LogP contribution in [0, 0.1) is 0 Å². The van der Waals surface area contributed by atoms with Crippen molar-refractivity contribution in [3.63, 3.8) is 0 Å². The number of carbonyl (C=O) groups is 1. The lowest BCUT2D eigenvalue weighted by atomic mass is 10.2. The predicted molar refractivity (Wildman–Crippen MR) is 118 cm³/mol. The summed E-state index contributed by atoms with van der Waals surface area (Å²) in [5.41, 5.74) is 3.48. The van der Waals surface area contributed by atoms with Crippen molar-refractivity contribution in [1.29, 1.82) is 0 Å². The lowest BCUT2D eigenvalue weighted by molar-refractivity contribution is 0.0954. The molecule has 0 saturated carbocycles. The number of amides is 1. The number of hydrazone groups is 1. The van der Waals surface area contributed by atoms with E-state index in [-0.39, 0.29) is 0 Å². The maximum atomic E-state index is 12.4. The van der Waals surface area contributed by atoms with Crippen molar-refractivity contribution in [2.45, 2.75) is 13.3 Å². The fourth-order valence-electron chi connectivity index (χ4n) is 2.47. The van der Waals surface area contributed by atoms with Crippen LogP contribution in [0.25, 0.3) is 0 Å². The monoisotopic (exact) mass is 432 g/mol. The van der Waals surface area contributed by atoms with Gasteiger partial charge in [-0.15, -0.1) is 0 Å². The van der Waals surface area contributed by atoms with Gasteiger partial charge in [0.05, 0.1) is 32.1 Å². The van der Waals surface area contributed by atoms with Crippen LogP contribution in [0.1, 0.15) is 29.3 Å². The summed E-state index contributed by atoms with van der Waals surface area (Å²) < 4.78 is 21.7. The smallest absolute Gasteiger partial charge is 0.271 e. The zero-order valence-corrected chi connectivity index (χ0v) is 18.0. The van der Waals surface area contributed by atoms with Crippen molar-refractivity contribution >= 4 is 23.7 Å². The van der Waals surface area contributed by atoms with Gasteiger partial charge in [0.15, 0.2) is 23.0 Å². The van der Waals surface area contributed by atoms with E-state index in [1.54, 1.807) is 36.4 Å². The Balaban J connectivity index is 2.10. The standard InChI is InChI=1S/C22H25ClN2O5/c1-5-9-29-18-8-7-16(13-19(18)27-3)22(26)25-24-14-15-11-17(23)21(30-10-6-2)20(12-15)28-4/h5,7-8,11-14H,1,6,9-10H2,2-4H3,(H,25,26)/b24-14+. The molecule has 0 aliphatic heterocycles. The van der Waals surface area contributed by atoms with Crippen LogP contribution in [0.4, 0.5) is 0 Å². The molecule has 0 unspecified atom stereocenters. The van der Waals surface area contributed by atoms with Crippen LogP contribution in [0.3, 0.4) is 0 Å². The molecular weight excluding hydrogens is 408 g/mol. The molecule has 1 amide bonds. The van der Waals surface area contributed by atoms with Gasteiger partial charge in [0.1, 0.15) is 6.61 Å². The first-order valence-electron chi connectivity index (χ1n) is 9.29. The number of methoxy groups -OCH3 is 2. The van der Waals surface area contributed by atoms with Gasteiger partial charge in [-0.3, -0.25) is 4.79 Å². The van der Waals surface area contributed by atoms with Crippen LogP contribution in [0.2, 0.25) is 5.02 Å². The van der Waals surface area contributed by atoms with Crippen LogP contribution >= 0.6 is 11.6 Å². The number of ether oxygens (including phenoxy) is 4. The summed E-state index contributed by atoms with van der Waals surface area (Å²) in [6, 6.07) is 8.25. The van der Waals surface area contributed by atoms with E-state index < -0.39 is 5.91 Å². The van der Waals surface area contributed by atoms with Crippen molar-refractivity contribution in [1.82, 2.24) is 5.43 Å². The Bertz CT molecular complexity index is 915. The van der Waals surface area contributed by atoms with Gasteiger partial charge in [0.2, 0.25) is 0 Å². The molecule has 0 heterocycles. The maximum absolute atomic E-state index is 12.4. The van der Waals surface area contributed by atoms with E-state index in [1.165, 1.54) is 20.4 Å². The second-order valence-electron chi connectivity index (χ2n) is 6.05. The van der Waals surface area contributed by atoms with Gasteiger partial charge in [-0.2, -0.15) is 5.10 Å². The summed E-state index contributed by atoms with van der Waals surface area (Å²) in [5.74, 6) is 1.52. The Morgan fingerprint density at radius 3 is 2.57 bits per heavy atom. The summed E-state index contributed by atoms with van der Waals surface area (Å²) >= 11 is 6.28. The van der Waals surface area contributed by atoms with E-state index in [4.69, 9.17) is 30.5 Å². The molecule has 7 nitrogen and oxygen atoms in total. The number of hydrogen-bond donors (Lipinski definition) is 1. The molecule has 0 aromatic heterocycles. The Kier molecular flexibility index (Phi) is 9.03. The average molecular weight is 433 g/mol. The Morgan fingerprint density at radius 2 is 1.90 bits per heavy atom. The Morgan fingerprint density at radius 1 is 1.13 bits per heavy atom. The molecule has 2 aromatic carbocycles. The first kappa shape index (κ1) is 23.1. The van der Waals surface area contributed by atoms with Crippen molar-refractivity contribution in [3.05, 3.63) is 59.1 Å². The van der Waals surface area contributed by atoms with E-state index in [2.05, 4.69) is 17.1 Å². The Labute approximate surface area is 181 Å². The molecule has 0 radical (unpaired) electrons. The van der Waals surface area contributed by atoms with Crippen LogP contribution in [-0.4, -0.2) is 39.6 Å². The number of rotatable bonds is 11. The van der Waals surface area contributed by atoms with Crippen molar-refractivity contribution in [3.8, 4) is 23.0 Å². The van der Waals surface area contributed by atoms with Gasteiger partial charge in [0, 0.05) is 5.56 Å². The van der Waals surface area contributed by atoms with Gasteiger partial charge >= 0.3 is 0 Å². The van der Waals surface area contributed by atoms with Crippen LogP contribution < -0.4 is 24.4 Å². The highest BCUT2D eigenvalue weighted by Crippen LogP contribution is 2.36. The predicted octanol–water partition coefficient (Wildman–Crippen LogP) is 4.47. The van der Waals surface area contributed by atoms with Crippen molar-refractivity contribution in [2.75, 3.05) is 27.4 Å². The molecule has 0 spiro atoms.